The van der Waals surface area contributed by atoms with Crippen LogP contribution in [0.4, 0.5) is 0 Å². The number of aliphatic hydroxyl groups is 1. The maximum Gasteiger partial charge on any atom is 0.323 e. The fraction of sp³-hybridized carbons (Fsp3) is 0.700. The number of hydrogen-bond acceptors (Lipinski definition) is 5. The number of carbonyl (C=O) groups is 1. The molecule has 1 aliphatic rings. The smallest absolute Gasteiger partial charge is 0.323 e. The van der Waals surface area contributed by atoms with Gasteiger partial charge in [0.25, 0.3) is 0 Å². The van der Waals surface area contributed by atoms with Crippen molar-refractivity contribution < 1.29 is 24.5 Å². The second-order valence-corrected chi connectivity index (χ2v) is 4.16. The molecule has 0 unspecified atom stereocenters. The molecule has 92 valence electrons. The molecule has 4 N–H and O–H groups in total. The second-order valence-electron chi connectivity index (χ2n) is 4.16. The zero-order valence-corrected chi connectivity index (χ0v) is 9.29. The Kier molecular flexibility index (Phi) is 3.69. The monoisotopic (exact) mass is 231 g/mol. The summed E-state index contributed by atoms with van der Waals surface area (Å²) in [5.41, 5.74) is 5.33. The average Bonchev–Trinajstić information content (AvgIpc) is 2.51. The first-order chi connectivity index (χ1) is 7.28. The maximum atomic E-state index is 10.6. The predicted molar refractivity (Wildman–Crippen MR) is 55.6 cm³/mol. The van der Waals surface area contributed by atoms with Gasteiger partial charge in [0.05, 0.1) is 0 Å². The number of aliphatic hydroxyl groups excluding tert-OH is 1. The fourth-order valence-electron chi connectivity index (χ4n) is 1.61. The summed E-state index contributed by atoms with van der Waals surface area (Å²) in [6.45, 7) is 6.88. The zero-order valence-electron chi connectivity index (χ0n) is 9.29. The highest BCUT2D eigenvalue weighted by molar-refractivity contribution is 5.74. The van der Waals surface area contributed by atoms with E-state index in [1.54, 1.807) is 13.8 Å². The zero-order chi connectivity index (χ0) is 12.5. The Balaban J connectivity index is 2.79. The van der Waals surface area contributed by atoms with Gasteiger partial charge in [-0.15, -0.1) is 6.58 Å². The maximum absolute atomic E-state index is 10.6. The van der Waals surface area contributed by atoms with E-state index >= 15 is 0 Å². The Labute approximate surface area is 93.6 Å². The molecule has 1 heterocycles. The lowest BCUT2D eigenvalue weighted by atomic mass is 10.0. The number of aliphatic carboxylic acids is 1. The minimum absolute atomic E-state index is 0.574. The highest BCUT2D eigenvalue weighted by Crippen LogP contribution is 2.31. The minimum atomic E-state index is -1.41. The van der Waals surface area contributed by atoms with Gasteiger partial charge in [0.2, 0.25) is 0 Å². The Morgan fingerprint density at radius 2 is 2.12 bits per heavy atom. The third-order valence-corrected chi connectivity index (χ3v) is 2.39. The summed E-state index contributed by atoms with van der Waals surface area (Å²) >= 11 is 0. The lowest BCUT2D eigenvalue weighted by molar-refractivity contribution is -0.160. The molecule has 0 bridgehead atoms. The first-order valence-electron chi connectivity index (χ1n) is 4.93. The van der Waals surface area contributed by atoms with Crippen molar-refractivity contribution in [3.63, 3.8) is 0 Å². The molecule has 6 nitrogen and oxygen atoms in total. The van der Waals surface area contributed by atoms with Crippen LogP contribution < -0.4 is 5.73 Å². The lowest BCUT2D eigenvalue weighted by Crippen LogP contribution is -2.51. The van der Waals surface area contributed by atoms with Gasteiger partial charge in [-0.1, -0.05) is 6.08 Å². The molecular weight excluding hydrogens is 214 g/mol. The molecule has 0 spiro atoms. The van der Waals surface area contributed by atoms with Crippen LogP contribution in [0.1, 0.15) is 13.8 Å². The van der Waals surface area contributed by atoms with E-state index in [1.807, 2.05) is 0 Å². The topological polar surface area (TPSA) is 102 Å². The predicted octanol–water partition coefficient (Wildman–Crippen LogP) is -0.535. The lowest BCUT2D eigenvalue weighted by Gasteiger charge is -2.23. The van der Waals surface area contributed by atoms with Crippen molar-refractivity contribution in [2.24, 2.45) is 5.73 Å². The Morgan fingerprint density at radius 3 is 2.56 bits per heavy atom. The van der Waals surface area contributed by atoms with Gasteiger partial charge < -0.3 is 25.4 Å². The number of rotatable bonds is 4. The number of hydrogen-bond donors (Lipinski definition) is 3. The van der Waals surface area contributed by atoms with Crippen LogP contribution in [0.5, 0.6) is 0 Å². The van der Waals surface area contributed by atoms with Gasteiger partial charge in [-0.25, -0.2) is 0 Å². The van der Waals surface area contributed by atoms with E-state index in [-0.39, 0.29) is 0 Å². The van der Waals surface area contributed by atoms with Crippen molar-refractivity contribution in [1.29, 1.82) is 0 Å². The first kappa shape index (κ1) is 13.1. The van der Waals surface area contributed by atoms with E-state index in [1.165, 1.54) is 6.08 Å². The summed E-state index contributed by atoms with van der Waals surface area (Å²) in [5.74, 6) is -2.17. The molecule has 16 heavy (non-hydrogen) atoms. The van der Waals surface area contributed by atoms with Gasteiger partial charge in [0.1, 0.15) is 24.4 Å². The van der Waals surface area contributed by atoms with Crippen LogP contribution in [0, 0.1) is 0 Å². The highest BCUT2D eigenvalue weighted by atomic mass is 16.8. The van der Waals surface area contributed by atoms with Crippen LogP contribution in [0.25, 0.3) is 0 Å². The van der Waals surface area contributed by atoms with Crippen LogP contribution in [-0.2, 0) is 14.3 Å². The van der Waals surface area contributed by atoms with E-state index in [2.05, 4.69) is 6.58 Å². The van der Waals surface area contributed by atoms with Gasteiger partial charge in [0.15, 0.2) is 5.79 Å². The molecule has 0 aromatic heterocycles. The van der Waals surface area contributed by atoms with Crippen molar-refractivity contribution in [1.82, 2.24) is 0 Å². The molecule has 0 aromatic rings. The molecule has 4 atom stereocenters. The van der Waals surface area contributed by atoms with E-state index in [9.17, 15) is 9.90 Å². The third kappa shape index (κ3) is 2.59. The van der Waals surface area contributed by atoms with Crippen LogP contribution in [0.2, 0.25) is 0 Å². The van der Waals surface area contributed by atoms with E-state index in [4.69, 9.17) is 20.3 Å². The number of nitrogens with two attached hydrogens (primary N) is 1. The van der Waals surface area contributed by atoms with E-state index in [0.29, 0.717) is 0 Å². The third-order valence-electron chi connectivity index (χ3n) is 2.39. The van der Waals surface area contributed by atoms with Crippen molar-refractivity contribution >= 4 is 5.97 Å². The molecule has 1 saturated heterocycles. The molecule has 0 aliphatic carbocycles. The van der Waals surface area contributed by atoms with Crippen LogP contribution >= 0.6 is 0 Å². The summed E-state index contributed by atoms with van der Waals surface area (Å²) in [6.07, 6.45) is -1.28. The number of carboxylic acids is 1. The normalized spacial score (nSPS) is 32.0. The largest absolute Gasteiger partial charge is 0.480 e. The standard InChI is InChI=1S/C10H17NO5/c1-4-5-8(16-10(2,3)15-5)7(12)6(11)9(13)14/h4-8,12H,1,11H2,2-3H3,(H,13,14)/t5-,6-,7+,8+/m0/s1. The minimum Gasteiger partial charge on any atom is -0.480 e. The van der Waals surface area contributed by atoms with Gasteiger partial charge in [-0.2, -0.15) is 0 Å². The summed E-state index contributed by atoms with van der Waals surface area (Å²) in [6, 6.07) is -1.41. The molecule has 0 amide bonds. The van der Waals surface area contributed by atoms with Crippen molar-refractivity contribution in [2.45, 2.75) is 44.0 Å². The Morgan fingerprint density at radius 1 is 1.56 bits per heavy atom. The quantitative estimate of drug-likeness (QED) is 0.562. The van der Waals surface area contributed by atoms with Gasteiger partial charge >= 0.3 is 5.97 Å². The van der Waals surface area contributed by atoms with Gasteiger partial charge in [-0.3, -0.25) is 4.79 Å². The van der Waals surface area contributed by atoms with Crippen LogP contribution in [0.15, 0.2) is 12.7 Å². The molecule has 6 heteroatoms. The molecule has 0 aromatic carbocycles. The molecule has 0 radical (unpaired) electrons. The van der Waals surface area contributed by atoms with Crippen molar-refractivity contribution in [2.75, 3.05) is 0 Å². The highest BCUT2D eigenvalue weighted by Gasteiger charge is 2.46. The van der Waals surface area contributed by atoms with E-state index in [0.717, 1.165) is 0 Å². The van der Waals surface area contributed by atoms with Crippen molar-refractivity contribution in [3.05, 3.63) is 12.7 Å². The number of ether oxygens (including phenoxy) is 2. The van der Waals surface area contributed by atoms with E-state index < -0.39 is 36.1 Å². The van der Waals surface area contributed by atoms with Crippen LogP contribution in [-0.4, -0.2) is 46.3 Å². The van der Waals surface area contributed by atoms with Crippen LogP contribution in [0.3, 0.4) is 0 Å². The Bertz CT molecular complexity index is 291. The number of carboxylic acid groups (broad SMARTS) is 1. The van der Waals surface area contributed by atoms with Gasteiger partial charge in [0, 0.05) is 0 Å². The molecular formula is C10H17NO5. The summed E-state index contributed by atoms with van der Waals surface area (Å²) in [7, 11) is 0. The summed E-state index contributed by atoms with van der Waals surface area (Å²) in [4.78, 5) is 10.6. The molecule has 0 saturated carbocycles. The Hall–Kier alpha value is -0.950. The van der Waals surface area contributed by atoms with Crippen molar-refractivity contribution in [3.8, 4) is 0 Å². The molecule has 1 rings (SSSR count). The summed E-state index contributed by atoms with van der Waals surface area (Å²) < 4.78 is 10.8. The average molecular weight is 231 g/mol. The molecule has 1 fully saturated rings. The fourth-order valence-corrected chi connectivity index (χ4v) is 1.61. The first-order valence-corrected chi connectivity index (χ1v) is 4.93. The SMILES string of the molecule is C=C[C@@H]1OC(C)(C)O[C@H]1[C@H](O)[C@H](N)C(=O)O. The van der Waals surface area contributed by atoms with Gasteiger partial charge in [-0.05, 0) is 13.8 Å². The summed E-state index contributed by atoms with van der Waals surface area (Å²) in [5, 5.41) is 18.5. The molecule has 1 aliphatic heterocycles. The second kappa shape index (κ2) is 4.50.